The zero-order valence-corrected chi connectivity index (χ0v) is 16.2. The molecule has 0 nitrogen and oxygen atoms in total. The molecule has 0 aromatic rings. The van der Waals surface area contributed by atoms with Crippen LogP contribution < -0.4 is 0 Å². The van der Waals surface area contributed by atoms with E-state index in [0.29, 0.717) is 11.3 Å². The Hall–Kier alpha value is 0.0300. The molecule has 1 heteroatoms. The second-order valence-electron chi connectivity index (χ2n) is 7.24. The van der Waals surface area contributed by atoms with Gasteiger partial charge in [-0.3, -0.25) is 0 Å². The lowest BCUT2D eigenvalue weighted by Crippen LogP contribution is -2.33. The Bertz CT molecular complexity index is 421. The van der Waals surface area contributed by atoms with E-state index in [4.69, 9.17) is 0 Å². The minimum Gasteiger partial charge on any atom is -0.103 e. The second kappa shape index (κ2) is 8.04. The van der Waals surface area contributed by atoms with Crippen LogP contribution in [0.3, 0.4) is 0 Å². The molecule has 2 aliphatic carbocycles. The van der Waals surface area contributed by atoms with Gasteiger partial charge in [0.1, 0.15) is 0 Å². The summed E-state index contributed by atoms with van der Waals surface area (Å²) >= 11 is 2.46. The van der Waals surface area contributed by atoms with E-state index in [1.807, 2.05) is 0 Å². The molecule has 2 saturated carbocycles. The maximum absolute atomic E-state index is 3.49. The molecule has 0 aromatic carbocycles. The molecule has 3 atom stereocenters. The van der Waals surface area contributed by atoms with Crippen molar-refractivity contribution in [2.45, 2.75) is 78.6 Å². The van der Waals surface area contributed by atoms with Gasteiger partial charge in [-0.2, -0.15) is 0 Å². The molecule has 2 fully saturated rings. The van der Waals surface area contributed by atoms with Crippen LogP contribution in [0, 0.1) is 35.0 Å². The van der Waals surface area contributed by atoms with Crippen LogP contribution in [0.25, 0.3) is 0 Å². The molecule has 0 amide bonds. The van der Waals surface area contributed by atoms with Gasteiger partial charge in [-0.15, -0.1) is 5.92 Å². The largest absolute Gasteiger partial charge is 0.103 e. The van der Waals surface area contributed by atoms with Crippen molar-refractivity contribution in [2.75, 3.05) is 0 Å². The quantitative estimate of drug-likeness (QED) is 0.363. The minimum absolute atomic E-state index is 0.575. The Morgan fingerprint density at radius 1 is 1.33 bits per heavy atom. The van der Waals surface area contributed by atoms with Crippen LogP contribution in [0.15, 0.2) is 9.66 Å². The standard InChI is InChI=1S/C20H31I/c1-4-16(5-2)9-6-7-11-18-12-13-19-17(15-21)10-8-14-20(18,19)3/h15-16,18-19H,4-5,7-8,10-14H2,1-3H3/b17-15-. The number of allylic oxidation sites excluding steroid dienone is 1. The second-order valence-corrected chi connectivity index (χ2v) is 7.87. The minimum atomic E-state index is 0.575. The average Bonchev–Trinajstić information content (AvgIpc) is 2.84. The van der Waals surface area contributed by atoms with Crippen molar-refractivity contribution < 1.29 is 0 Å². The lowest BCUT2D eigenvalue weighted by molar-refractivity contribution is 0.131. The molecule has 0 aliphatic heterocycles. The molecule has 0 bridgehead atoms. The molecule has 118 valence electrons. The van der Waals surface area contributed by atoms with Crippen LogP contribution in [0.5, 0.6) is 0 Å². The van der Waals surface area contributed by atoms with Gasteiger partial charge in [0, 0.05) is 12.3 Å². The van der Waals surface area contributed by atoms with E-state index in [-0.39, 0.29) is 0 Å². The van der Waals surface area contributed by atoms with Crippen LogP contribution >= 0.6 is 22.6 Å². The van der Waals surface area contributed by atoms with Crippen LogP contribution in [0.2, 0.25) is 0 Å². The summed E-state index contributed by atoms with van der Waals surface area (Å²) in [5.74, 6) is 9.38. The molecule has 21 heavy (non-hydrogen) atoms. The molecule has 2 rings (SSSR count). The van der Waals surface area contributed by atoms with Crippen molar-refractivity contribution in [3.05, 3.63) is 9.66 Å². The maximum Gasteiger partial charge on any atom is 0.0197 e. The van der Waals surface area contributed by atoms with Gasteiger partial charge in [0.15, 0.2) is 0 Å². The van der Waals surface area contributed by atoms with E-state index in [2.05, 4.69) is 59.3 Å². The topological polar surface area (TPSA) is 0 Å². The summed E-state index contributed by atoms with van der Waals surface area (Å²) in [4.78, 5) is 0. The monoisotopic (exact) mass is 398 g/mol. The molecule has 0 radical (unpaired) electrons. The van der Waals surface area contributed by atoms with Gasteiger partial charge in [0.2, 0.25) is 0 Å². The molecular weight excluding hydrogens is 367 g/mol. The highest BCUT2D eigenvalue weighted by Gasteiger charge is 2.48. The summed E-state index contributed by atoms with van der Waals surface area (Å²) in [6.45, 7) is 7.08. The van der Waals surface area contributed by atoms with E-state index >= 15 is 0 Å². The highest BCUT2D eigenvalue weighted by molar-refractivity contribution is 14.1. The Labute approximate surface area is 145 Å². The summed E-state index contributed by atoms with van der Waals surface area (Å²) in [7, 11) is 0. The summed E-state index contributed by atoms with van der Waals surface area (Å²) in [5.41, 5.74) is 2.32. The normalized spacial score (nSPS) is 33.9. The smallest absolute Gasteiger partial charge is 0.0197 e. The Morgan fingerprint density at radius 2 is 2.10 bits per heavy atom. The maximum atomic E-state index is 3.49. The highest BCUT2D eigenvalue weighted by atomic mass is 127. The van der Waals surface area contributed by atoms with Gasteiger partial charge in [-0.05, 0) is 72.7 Å². The van der Waals surface area contributed by atoms with Crippen molar-refractivity contribution in [1.82, 2.24) is 0 Å². The van der Waals surface area contributed by atoms with Crippen molar-refractivity contribution in [3.8, 4) is 11.8 Å². The molecule has 2 aliphatic rings. The van der Waals surface area contributed by atoms with Crippen molar-refractivity contribution in [1.29, 1.82) is 0 Å². The number of halogens is 1. The highest BCUT2D eigenvalue weighted by Crippen LogP contribution is 2.58. The summed E-state index contributed by atoms with van der Waals surface area (Å²) in [5, 5.41) is 0. The number of fused-ring (bicyclic) bond motifs is 1. The van der Waals surface area contributed by atoms with Crippen molar-refractivity contribution >= 4 is 22.6 Å². The first-order valence-corrected chi connectivity index (χ1v) is 10.2. The summed E-state index contributed by atoms with van der Waals surface area (Å²) < 4.78 is 2.38. The van der Waals surface area contributed by atoms with E-state index in [9.17, 15) is 0 Å². The predicted octanol–water partition coefficient (Wildman–Crippen LogP) is 6.74. The number of rotatable bonds is 4. The first-order valence-electron chi connectivity index (χ1n) is 8.93. The Morgan fingerprint density at radius 3 is 2.76 bits per heavy atom. The number of hydrogen-bond acceptors (Lipinski definition) is 0. The third-order valence-electron chi connectivity index (χ3n) is 6.21. The zero-order chi connectivity index (χ0) is 15.3. The van der Waals surface area contributed by atoms with Gasteiger partial charge < -0.3 is 0 Å². The fraction of sp³-hybridized carbons (Fsp3) is 0.800. The summed E-state index contributed by atoms with van der Waals surface area (Å²) in [6.07, 6.45) is 11.9. The molecule has 0 aromatic heterocycles. The molecule has 0 N–H and O–H groups in total. The van der Waals surface area contributed by atoms with Crippen molar-refractivity contribution in [3.63, 3.8) is 0 Å². The fourth-order valence-electron chi connectivity index (χ4n) is 4.71. The SMILES string of the molecule is CCC(C#CCCC1CCC2/C(=C\I)CCCC12C)CC. The van der Waals surface area contributed by atoms with Crippen LogP contribution in [0.4, 0.5) is 0 Å². The fourth-order valence-corrected chi connectivity index (χ4v) is 5.45. The lowest BCUT2D eigenvalue weighted by Gasteiger charge is -2.42. The van der Waals surface area contributed by atoms with Gasteiger partial charge in [0.05, 0.1) is 0 Å². The van der Waals surface area contributed by atoms with Crippen molar-refractivity contribution in [2.24, 2.45) is 23.2 Å². The van der Waals surface area contributed by atoms with Crippen LogP contribution in [-0.4, -0.2) is 0 Å². The molecule has 0 heterocycles. The molecule has 0 spiro atoms. The number of hydrogen-bond donors (Lipinski definition) is 0. The van der Waals surface area contributed by atoms with E-state index < -0.39 is 0 Å². The third kappa shape index (κ3) is 3.87. The Kier molecular flexibility index (Phi) is 6.66. The molecule has 0 saturated heterocycles. The molecule has 3 unspecified atom stereocenters. The van der Waals surface area contributed by atoms with Gasteiger partial charge in [-0.25, -0.2) is 0 Å². The van der Waals surface area contributed by atoms with Crippen LogP contribution in [-0.2, 0) is 0 Å². The van der Waals surface area contributed by atoms with E-state index in [1.165, 1.54) is 51.4 Å². The summed E-state index contributed by atoms with van der Waals surface area (Å²) in [6, 6.07) is 0. The van der Waals surface area contributed by atoms with Gasteiger partial charge >= 0.3 is 0 Å². The molecular formula is C20H31I. The average molecular weight is 398 g/mol. The third-order valence-corrected chi connectivity index (χ3v) is 7.01. The zero-order valence-electron chi connectivity index (χ0n) is 14.1. The first kappa shape index (κ1) is 17.4. The van der Waals surface area contributed by atoms with E-state index in [1.54, 1.807) is 5.57 Å². The van der Waals surface area contributed by atoms with Gasteiger partial charge in [-0.1, -0.05) is 54.9 Å². The van der Waals surface area contributed by atoms with E-state index in [0.717, 1.165) is 18.3 Å². The van der Waals surface area contributed by atoms with Gasteiger partial charge in [0.25, 0.3) is 0 Å². The van der Waals surface area contributed by atoms with Crippen LogP contribution in [0.1, 0.15) is 78.6 Å². The lowest BCUT2D eigenvalue weighted by atomic mass is 9.63. The predicted molar refractivity (Wildman–Crippen MR) is 101 cm³/mol. The first-order chi connectivity index (χ1) is 10.2. The Balaban J connectivity index is 1.93.